The van der Waals surface area contributed by atoms with E-state index in [0.717, 1.165) is 25.9 Å². The Morgan fingerprint density at radius 1 is 1.60 bits per heavy atom. The zero-order valence-corrected chi connectivity index (χ0v) is 6.60. The van der Waals surface area contributed by atoms with E-state index in [0.29, 0.717) is 5.91 Å². The highest BCUT2D eigenvalue weighted by molar-refractivity contribution is 5.77. The third-order valence-electron chi connectivity index (χ3n) is 1.55. The van der Waals surface area contributed by atoms with Gasteiger partial charge in [-0.05, 0) is 13.3 Å². The summed E-state index contributed by atoms with van der Waals surface area (Å²) in [6, 6.07) is 0. The van der Waals surface area contributed by atoms with E-state index in [1.165, 1.54) is 0 Å². The van der Waals surface area contributed by atoms with Gasteiger partial charge in [0.25, 0.3) is 0 Å². The lowest BCUT2D eigenvalue weighted by Crippen LogP contribution is -2.23. The molecule has 1 heterocycles. The first kappa shape index (κ1) is 9.21. The number of rotatable bonds is 1. The largest absolute Gasteiger partial charge is 0.343 e. The summed E-state index contributed by atoms with van der Waals surface area (Å²) in [4.78, 5) is 12.6. The van der Waals surface area contributed by atoms with Gasteiger partial charge in [-0.25, -0.2) is 0 Å². The summed E-state index contributed by atoms with van der Waals surface area (Å²) < 4.78 is 0. The molecule has 0 unspecified atom stereocenters. The van der Waals surface area contributed by atoms with Gasteiger partial charge in [-0.3, -0.25) is 4.79 Å². The molecule has 0 atom stereocenters. The van der Waals surface area contributed by atoms with Crippen molar-refractivity contribution in [1.29, 1.82) is 0 Å². The molecule has 1 aliphatic rings. The Kier molecular flexibility index (Phi) is 4.63. The highest BCUT2D eigenvalue weighted by Gasteiger charge is 2.16. The van der Waals surface area contributed by atoms with Gasteiger partial charge in [0.1, 0.15) is 0 Å². The lowest BCUT2D eigenvalue weighted by molar-refractivity contribution is -0.127. The Morgan fingerprint density at radius 2 is 2.20 bits per heavy atom. The number of nitrogens with zero attached hydrogens (tertiary/aromatic N) is 1. The Morgan fingerprint density at radius 3 is 2.40 bits per heavy atom. The third-order valence-corrected chi connectivity index (χ3v) is 1.55. The molecule has 0 aliphatic carbocycles. The number of likely N-dealkylation sites (tertiary alicyclic amines) is 1. The Hall–Kier alpha value is -0.790. The third kappa shape index (κ3) is 2.21. The van der Waals surface area contributed by atoms with Crippen LogP contribution >= 0.6 is 0 Å². The lowest BCUT2D eigenvalue weighted by atomic mass is 10.4. The van der Waals surface area contributed by atoms with E-state index in [9.17, 15) is 4.79 Å². The minimum absolute atomic E-state index is 0.326. The lowest BCUT2D eigenvalue weighted by Gasteiger charge is -2.10. The van der Waals surface area contributed by atoms with Crippen LogP contribution in [0.4, 0.5) is 0 Å². The molecule has 1 saturated heterocycles. The first-order chi connectivity index (χ1) is 4.84. The van der Waals surface area contributed by atoms with E-state index in [4.69, 9.17) is 0 Å². The van der Waals surface area contributed by atoms with Gasteiger partial charge in [0, 0.05) is 19.5 Å². The number of carbonyl (C=O) groups is 1. The summed E-state index contributed by atoms with van der Waals surface area (Å²) in [5.74, 6) is 0.326. The molecule has 2 nitrogen and oxygen atoms in total. The molecule has 1 aliphatic heterocycles. The van der Waals surface area contributed by atoms with E-state index in [-0.39, 0.29) is 0 Å². The summed E-state index contributed by atoms with van der Waals surface area (Å²) in [5, 5.41) is 0. The first-order valence-electron chi connectivity index (χ1n) is 3.62. The molecular weight excluding hydrogens is 126 g/mol. The fourth-order valence-electron chi connectivity index (χ4n) is 1.04. The van der Waals surface area contributed by atoms with Crippen molar-refractivity contribution in [3.8, 4) is 0 Å². The summed E-state index contributed by atoms with van der Waals surface area (Å²) in [5.41, 5.74) is 0. The van der Waals surface area contributed by atoms with Gasteiger partial charge < -0.3 is 4.90 Å². The molecule has 0 saturated carbocycles. The SMILES string of the molecule is C=C.CCN1CCCC1=O. The van der Waals surface area contributed by atoms with Crippen LogP contribution < -0.4 is 0 Å². The summed E-state index contributed by atoms with van der Waals surface area (Å²) in [6.45, 7) is 9.89. The molecule has 0 aromatic heterocycles. The predicted molar refractivity (Wildman–Crippen MR) is 42.7 cm³/mol. The maximum Gasteiger partial charge on any atom is 0.222 e. The zero-order chi connectivity index (χ0) is 7.98. The van der Waals surface area contributed by atoms with E-state index in [2.05, 4.69) is 13.2 Å². The normalized spacial score (nSPS) is 16.5. The van der Waals surface area contributed by atoms with E-state index in [1.807, 2.05) is 11.8 Å². The van der Waals surface area contributed by atoms with E-state index < -0.39 is 0 Å². The van der Waals surface area contributed by atoms with Crippen LogP contribution in [-0.4, -0.2) is 23.9 Å². The van der Waals surface area contributed by atoms with Crippen molar-refractivity contribution >= 4 is 5.91 Å². The molecule has 10 heavy (non-hydrogen) atoms. The maximum absolute atomic E-state index is 10.7. The minimum atomic E-state index is 0.326. The van der Waals surface area contributed by atoms with Crippen LogP contribution in [0.15, 0.2) is 13.2 Å². The smallest absolute Gasteiger partial charge is 0.222 e. The van der Waals surface area contributed by atoms with Crippen LogP contribution in [0.25, 0.3) is 0 Å². The summed E-state index contributed by atoms with van der Waals surface area (Å²) in [7, 11) is 0. The van der Waals surface area contributed by atoms with Gasteiger partial charge in [0.05, 0.1) is 0 Å². The highest BCUT2D eigenvalue weighted by atomic mass is 16.2. The summed E-state index contributed by atoms with van der Waals surface area (Å²) in [6.07, 6.45) is 1.83. The second kappa shape index (κ2) is 5.03. The van der Waals surface area contributed by atoms with Crippen molar-refractivity contribution in [1.82, 2.24) is 4.90 Å². The molecule has 0 N–H and O–H groups in total. The van der Waals surface area contributed by atoms with Crippen molar-refractivity contribution < 1.29 is 4.79 Å². The summed E-state index contributed by atoms with van der Waals surface area (Å²) >= 11 is 0. The molecule has 0 aromatic carbocycles. The number of amides is 1. The Bertz CT molecular complexity index is 112. The molecule has 0 bridgehead atoms. The fourth-order valence-corrected chi connectivity index (χ4v) is 1.04. The number of hydrogen-bond acceptors (Lipinski definition) is 1. The van der Waals surface area contributed by atoms with Crippen LogP contribution in [-0.2, 0) is 4.79 Å². The number of hydrogen-bond donors (Lipinski definition) is 0. The first-order valence-corrected chi connectivity index (χ1v) is 3.62. The highest BCUT2D eigenvalue weighted by Crippen LogP contribution is 2.07. The van der Waals surface area contributed by atoms with E-state index in [1.54, 1.807) is 0 Å². The minimum Gasteiger partial charge on any atom is -0.343 e. The zero-order valence-electron chi connectivity index (χ0n) is 6.60. The van der Waals surface area contributed by atoms with Crippen molar-refractivity contribution in [2.75, 3.05) is 13.1 Å². The topological polar surface area (TPSA) is 20.3 Å². The molecule has 0 spiro atoms. The Balaban J connectivity index is 0.000000371. The average molecular weight is 141 g/mol. The van der Waals surface area contributed by atoms with E-state index >= 15 is 0 Å². The molecule has 58 valence electrons. The molecule has 1 fully saturated rings. The monoisotopic (exact) mass is 141 g/mol. The standard InChI is InChI=1S/C6H11NO.C2H4/c1-2-7-5-3-4-6(7)8;1-2/h2-5H2,1H3;1-2H2. The predicted octanol–water partition coefficient (Wildman–Crippen LogP) is 1.43. The van der Waals surface area contributed by atoms with Crippen LogP contribution in [0.1, 0.15) is 19.8 Å². The maximum atomic E-state index is 10.7. The van der Waals surface area contributed by atoms with Gasteiger partial charge in [0.15, 0.2) is 0 Å². The molecule has 1 rings (SSSR count). The van der Waals surface area contributed by atoms with Gasteiger partial charge in [-0.1, -0.05) is 0 Å². The van der Waals surface area contributed by atoms with Gasteiger partial charge in [-0.15, -0.1) is 13.2 Å². The van der Waals surface area contributed by atoms with Crippen LogP contribution in [0.3, 0.4) is 0 Å². The van der Waals surface area contributed by atoms with Gasteiger partial charge in [-0.2, -0.15) is 0 Å². The molecular formula is C8H15NO. The number of carbonyl (C=O) groups excluding carboxylic acids is 1. The van der Waals surface area contributed by atoms with Crippen molar-refractivity contribution in [2.45, 2.75) is 19.8 Å². The van der Waals surface area contributed by atoms with Crippen LogP contribution in [0.2, 0.25) is 0 Å². The molecule has 0 aromatic rings. The van der Waals surface area contributed by atoms with Crippen LogP contribution in [0, 0.1) is 0 Å². The van der Waals surface area contributed by atoms with Gasteiger partial charge in [0.2, 0.25) is 5.91 Å². The Labute approximate surface area is 62.5 Å². The van der Waals surface area contributed by atoms with Crippen molar-refractivity contribution in [2.24, 2.45) is 0 Å². The molecule has 0 radical (unpaired) electrons. The van der Waals surface area contributed by atoms with Gasteiger partial charge >= 0.3 is 0 Å². The van der Waals surface area contributed by atoms with Crippen LogP contribution in [0.5, 0.6) is 0 Å². The second-order valence-corrected chi connectivity index (χ2v) is 2.08. The second-order valence-electron chi connectivity index (χ2n) is 2.08. The van der Waals surface area contributed by atoms with Crippen molar-refractivity contribution in [3.05, 3.63) is 13.2 Å². The fraction of sp³-hybridized carbons (Fsp3) is 0.625. The quantitative estimate of drug-likeness (QED) is 0.506. The average Bonchev–Trinajstić information content (AvgIpc) is 2.39. The molecule has 1 amide bonds. The molecule has 2 heteroatoms. The van der Waals surface area contributed by atoms with Crippen molar-refractivity contribution in [3.63, 3.8) is 0 Å².